The van der Waals surface area contributed by atoms with Gasteiger partial charge in [-0.05, 0) is 17.4 Å². The minimum atomic E-state index is 0.162. The van der Waals surface area contributed by atoms with Crippen LogP contribution in [0.4, 0.5) is 5.95 Å². The summed E-state index contributed by atoms with van der Waals surface area (Å²) >= 11 is 0. The van der Waals surface area contributed by atoms with E-state index in [0.29, 0.717) is 18.9 Å². The normalized spacial score (nSPS) is 20.5. The topological polar surface area (TPSA) is 72.1 Å². The molecule has 1 aromatic heterocycles. The number of rotatable bonds is 2. The van der Waals surface area contributed by atoms with E-state index in [-0.39, 0.29) is 17.3 Å². The number of nitrogen functional groups attached to an aromatic ring is 1. The van der Waals surface area contributed by atoms with Gasteiger partial charge in [0.15, 0.2) is 0 Å². The van der Waals surface area contributed by atoms with Crippen LogP contribution < -0.4 is 5.73 Å². The highest BCUT2D eigenvalue weighted by molar-refractivity contribution is 5.78. The highest BCUT2D eigenvalue weighted by Gasteiger charge is 2.36. The summed E-state index contributed by atoms with van der Waals surface area (Å²) in [5, 5.41) is 0. The fourth-order valence-corrected chi connectivity index (χ4v) is 2.20. The van der Waals surface area contributed by atoms with Crippen LogP contribution in [0, 0.1) is 11.3 Å². The molecule has 18 heavy (non-hydrogen) atoms. The van der Waals surface area contributed by atoms with Gasteiger partial charge in [-0.3, -0.25) is 4.79 Å². The lowest BCUT2D eigenvalue weighted by Gasteiger charge is -2.26. The van der Waals surface area contributed by atoms with Crippen LogP contribution in [0.2, 0.25) is 0 Å². The molecule has 0 saturated carbocycles. The average molecular weight is 248 g/mol. The van der Waals surface area contributed by atoms with Crippen molar-refractivity contribution in [1.82, 2.24) is 14.9 Å². The van der Waals surface area contributed by atoms with E-state index in [4.69, 9.17) is 5.73 Å². The number of hydrogen-bond acceptors (Lipinski definition) is 4. The molecule has 1 aliphatic heterocycles. The molecular weight excluding hydrogens is 228 g/mol. The van der Waals surface area contributed by atoms with Gasteiger partial charge in [0.1, 0.15) is 0 Å². The quantitative estimate of drug-likeness (QED) is 0.860. The molecule has 1 amide bonds. The van der Waals surface area contributed by atoms with E-state index < -0.39 is 0 Å². The average Bonchev–Trinajstić information content (AvgIpc) is 2.60. The molecular formula is C13H20N4O. The Hall–Kier alpha value is -1.65. The molecule has 0 bridgehead atoms. The number of aromatic nitrogens is 2. The molecule has 2 rings (SSSR count). The minimum Gasteiger partial charge on any atom is -0.368 e. The van der Waals surface area contributed by atoms with Crippen molar-refractivity contribution in [2.24, 2.45) is 11.3 Å². The number of carbonyl (C=O) groups is 1. The Morgan fingerprint density at radius 2 is 2.22 bits per heavy atom. The second-order valence-corrected chi connectivity index (χ2v) is 5.95. The van der Waals surface area contributed by atoms with Gasteiger partial charge < -0.3 is 10.6 Å². The Labute approximate surface area is 107 Å². The molecule has 2 heterocycles. The van der Waals surface area contributed by atoms with E-state index in [2.05, 4.69) is 30.7 Å². The van der Waals surface area contributed by atoms with Crippen molar-refractivity contribution in [2.45, 2.75) is 33.7 Å². The van der Waals surface area contributed by atoms with E-state index in [0.717, 1.165) is 12.2 Å². The van der Waals surface area contributed by atoms with E-state index in [1.807, 2.05) is 4.90 Å². The first-order chi connectivity index (χ1) is 8.36. The molecule has 1 unspecified atom stereocenters. The molecule has 5 nitrogen and oxygen atoms in total. The number of likely N-dealkylation sites (tertiary alicyclic amines) is 1. The van der Waals surface area contributed by atoms with Gasteiger partial charge in [0, 0.05) is 19.2 Å². The molecule has 0 spiro atoms. The zero-order valence-electron chi connectivity index (χ0n) is 11.2. The number of nitrogens with zero attached hydrogens (tertiary/aromatic N) is 3. The van der Waals surface area contributed by atoms with Crippen molar-refractivity contribution in [3.63, 3.8) is 0 Å². The van der Waals surface area contributed by atoms with Crippen molar-refractivity contribution in [3.8, 4) is 0 Å². The standard InChI is InChI=1S/C13H20N4O/c1-13(2,3)9-6-11(18)17(7-9)8-10-4-5-15-12(14)16-10/h4-5,9H,6-8H2,1-3H3,(H2,14,15,16). The molecule has 0 aromatic carbocycles. The summed E-state index contributed by atoms with van der Waals surface area (Å²) in [4.78, 5) is 21.8. The van der Waals surface area contributed by atoms with Crippen LogP contribution in [-0.2, 0) is 11.3 Å². The Kier molecular flexibility index (Phi) is 3.24. The maximum Gasteiger partial charge on any atom is 0.223 e. The lowest BCUT2D eigenvalue weighted by atomic mass is 9.80. The van der Waals surface area contributed by atoms with Gasteiger partial charge in [0.25, 0.3) is 0 Å². The van der Waals surface area contributed by atoms with Gasteiger partial charge in [-0.25, -0.2) is 9.97 Å². The minimum absolute atomic E-state index is 0.162. The zero-order chi connectivity index (χ0) is 13.3. The van der Waals surface area contributed by atoms with Crippen LogP contribution in [0.5, 0.6) is 0 Å². The van der Waals surface area contributed by atoms with Crippen molar-refractivity contribution in [3.05, 3.63) is 18.0 Å². The summed E-state index contributed by atoms with van der Waals surface area (Å²) in [6.45, 7) is 7.86. The molecule has 1 fully saturated rings. The second kappa shape index (κ2) is 4.55. The fourth-order valence-electron chi connectivity index (χ4n) is 2.20. The number of carbonyl (C=O) groups excluding carboxylic acids is 1. The number of anilines is 1. The van der Waals surface area contributed by atoms with E-state index in [1.54, 1.807) is 12.3 Å². The number of amides is 1. The third-order valence-corrected chi connectivity index (χ3v) is 3.52. The van der Waals surface area contributed by atoms with Gasteiger partial charge in [-0.15, -0.1) is 0 Å². The summed E-state index contributed by atoms with van der Waals surface area (Å²) < 4.78 is 0. The smallest absolute Gasteiger partial charge is 0.223 e. The maximum atomic E-state index is 12.0. The SMILES string of the molecule is CC(C)(C)C1CC(=O)N(Cc2ccnc(N)n2)C1. The van der Waals surface area contributed by atoms with E-state index in [1.165, 1.54) is 0 Å². The zero-order valence-corrected chi connectivity index (χ0v) is 11.2. The first-order valence-corrected chi connectivity index (χ1v) is 6.21. The number of nitrogens with two attached hydrogens (primary N) is 1. The Morgan fingerprint density at radius 1 is 1.50 bits per heavy atom. The van der Waals surface area contributed by atoms with Crippen LogP contribution in [0.15, 0.2) is 12.3 Å². The van der Waals surface area contributed by atoms with Gasteiger partial charge in [0.2, 0.25) is 11.9 Å². The van der Waals surface area contributed by atoms with Crippen molar-refractivity contribution < 1.29 is 4.79 Å². The fraction of sp³-hybridized carbons (Fsp3) is 0.615. The van der Waals surface area contributed by atoms with E-state index in [9.17, 15) is 4.79 Å². The third kappa shape index (κ3) is 2.78. The lowest BCUT2D eigenvalue weighted by Crippen LogP contribution is -2.27. The molecule has 1 saturated heterocycles. The summed E-state index contributed by atoms with van der Waals surface area (Å²) in [6, 6.07) is 1.80. The highest BCUT2D eigenvalue weighted by atomic mass is 16.2. The third-order valence-electron chi connectivity index (χ3n) is 3.52. The maximum absolute atomic E-state index is 12.0. The molecule has 1 atom stereocenters. The van der Waals surface area contributed by atoms with E-state index >= 15 is 0 Å². The second-order valence-electron chi connectivity index (χ2n) is 5.95. The lowest BCUT2D eigenvalue weighted by molar-refractivity contribution is -0.128. The largest absolute Gasteiger partial charge is 0.368 e. The first kappa shape index (κ1) is 12.8. The van der Waals surface area contributed by atoms with Crippen LogP contribution in [0.3, 0.4) is 0 Å². The highest BCUT2D eigenvalue weighted by Crippen LogP contribution is 2.34. The van der Waals surface area contributed by atoms with Crippen molar-refractivity contribution in [1.29, 1.82) is 0 Å². The summed E-state index contributed by atoms with van der Waals surface area (Å²) in [6.07, 6.45) is 2.25. The number of hydrogen-bond donors (Lipinski definition) is 1. The molecule has 1 aliphatic rings. The van der Waals surface area contributed by atoms with Gasteiger partial charge in [-0.1, -0.05) is 20.8 Å². The Bertz CT molecular complexity index is 453. The van der Waals surface area contributed by atoms with Crippen LogP contribution in [0.1, 0.15) is 32.9 Å². The molecule has 5 heteroatoms. The van der Waals surface area contributed by atoms with Gasteiger partial charge in [0.05, 0.1) is 12.2 Å². The van der Waals surface area contributed by atoms with Gasteiger partial charge in [-0.2, -0.15) is 0 Å². The summed E-state index contributed by atoms with van der Waals surface area (Å²) in [5.74, 6) is 0.864. The van der Waals surface area contributed by atoms with Crippen molar-refractivity contribution >= 4 is 11.9 Å². The predicted octanol–water partition coefficient (Wildman–Crippen LogP) is 1.45. The molecule has 2 N–H and O–H groups in total. The van der Waals surface area contributed by atoms with Crippen molar-refractivity contribution in [2.75, 3.05) is 12.3 Å². The van der Waals surface area contributed by atoms with Gasteiger partial charge >= 0.3 is 0 Å². The first-order valence-electron chi connectivity index (χ1n) is 6.21. The molecule has 0 aliphatic carbocycles. The van der Waals surface area contributed by atoms with Crippen LogP contribution >= 0.6 is 0 Å². The Balaban J connectivity index is 2.05. The van der Waals surface area contributed by atoms with Crippen LogP contribution in [0.25, 0.3) is 0 Å². The summed E-state index contributed by atoms with van der Waals surface area (Å²) in [5.41, 5.74) is 6.50. The molecule has 98 valence electrons. The van der Waals surface area contributed by atoms with Crippen LogP contribution in [-0.4, -0.2) is 27.3 Å². The monoisotopic (exact) mass is 248 g/mol. The molecule has 0 radical (unpaired) electrons. The Morgan fingerprint density at radius 3 is 2.78 bits per heavy atom. The summed E-state index contributed by atoms with van der Waals surface area (Å²) in [7, 11) is 0. The molecule has 1 aromatic rings. The predicted molar refractivity (Wildman–Crippen MR) is 69.4 cm³/mol.